The zero-order valence-corrected chi connectivity index (χ0v) is 16.7. The van der Waals surface area contributed by atoms with E-state index in [1.54, 1.807) is 0 Å². The summed E-state index contributed by atoms with van der Waals surface area (Å²) in [7, 11) is -0.686. The molecule has 1 aromatic rings. The SMILES string of the molecule is CCNC(=NCCc1cccc(C)c1)NC1CCCC(S(=O)CC)C1. The summed E-state index contributed by atoms with van der Waals surface area (Å²) >= 11 is 0. The normalized spacial score (nSPS) is 22.4. The summed E-state index contributed by atoms with van der Waals surface area (Å²) in [6, 6.07) is 8.99. The highest BCUT2D eigenvalue weighted by molar-refractivity contribution is 7.85. The molecule has 0 spiro atoms. The van der Waals surface area contributed by atoms with E-state index in [0.717, 1.165) is 56.9 Å². The number of benzene rings is 1. The lowest BCUT2D eigenvalue weighted by Crippen LogP contribution is -2.46. The highest BCUT2D eigenvalue weighted by Crippen LogP contribution is 2.23. The Hall–Kier alpha value is -1.36. The van der Waals surface area contributed by atoms with E-state index in [1.807, 2.05) is 6.92 Å². The zero-order chi connectivity index (χ0) is 18.1. The van der Waals surface area contributed by atoms with Gasteiger partial charge in [0, 0.05) is 40.9 Å². The molecule has 1 saturated carbocycles. The van der Waals surface area contributed by atoms with Crippen LogP contribution in [0.1, 0.15) is 50.7 Å². The van der Waals surface area contributed by atoms with E-state index in [0.29, 0.717) is 11.3 Å². The highest BCUT2D eigenvalue weighted by atomic mass is 32.2. The fourth-order valence-corrected chi connectivity index (χ4v) is 4.78. The van der Waals surface area contributed by atoms with Crippen molar-refractivity contribution in [2.45, 2.75) is 64.2 Å². The third-order valence-electron chi connectivity index (χ3n) is 4.72. The Balaban J connectivity index is 1.89. The molecule has 0 aliphatic heterocycles. The van der Waals surface area contributed by atoms with Gasteiger partial charge in [0.15, 0.2) is 5.96 Å². The largest absolute Gasteiger partial charge is 0.357 e. The second-order valence-electron chi connectivity index (χ2n) is 6.80. The summed E-state index contributed by atoms with van der Waals surface area (Å²) < 4.78 is 12.1. The minimum Gasteiger partial charge on any atom is -0.357 e. The minimum absolute atomic E-state index is 0.339. The molecule has 0 bridgehead atoms. The fourth-order valence-electron chi connectivity index (χ4n) is 3.43. The van der Waals surface area contributed by atoms with Crippen molar-refractivity contribution in [2.75, 3.05) is 18.8 Å². The van der Waals surface area contributed by atoms with Crippen molar-refractivity contribution in [2.24, 2.45) is 4.99 Å². The molecule has 3 atom stereocenters. The number of nitrogens with zero attached hydrogens (tertiary/aromatic N) is 1. The third-order valence-corrected chi connectivity index (χ3v) is 6.46. The number of aryl methyl sites for hydroxylation is 1. The molecule has 0 saturated heterocycles. The van der Waals surface area contributed by atoms with Gasteiger partial charge in [-0.2, -0.15) is 0 Å². The van der Waals surface area contributed by atoms with Gasteiger partial charge in [-0.05, 0) is 45.1 Å². The van der Waals surface area contributed by atoms with Crippen molar-refractivity contribution >= 4 is 16.8 Å². The molecule has 5 heteroatoms. The Bertz CT molecular complexity index is 588. The molecule has 1 aromatic carbocycles. The Morgan fingerprint density at radius 2 is 2.16 bits per heavy atom. The number of hydrogen-bond acceptors (Lipinski definition) is 2. The van der Waals surface area contributed by atoms with Gasteiger partial charge in [0.1, 0.15) is 0 Å². The van der Waals surface area contributed by atoms with Gasteiger partial charge in [0.2, 0.25) is 0 Å². The summed E-state index contributed by atoms with van der Waals surface area (Å²) in [6.07, 6.45) is 5.32. The van der Waals surface area contributed by atoms with Crippen LogP contribution in [0.5, 0.6) is 0 Å². The van der Waals surface area contributed by atoms with Gasteiger partial charge in [-0.15, -0.1) is 0 Å². The first kappa shape index (κ1) is 20.0. The molecular weight excluding hydrogens is 330 g/mol. The first-order valence-electron chi connectivity index (χ1n) is 9.60. The number of nitrogens with one attached hydrogen (secondary N) is 2. The summed E-state index contributed by atoms with van der Waals surface area (Å²) in [5.74, 6) is 1.66. The quantitative estimate of drug-likeness (QED) is 0.578. The average Bonchev–Trinajstić information content (AvgIpc) is 2.61. The van der Waals surface area contributed by atoms with Gasteiger partial charge in [0.25, 0.3) is 0 Å². The maximum Gasteiger partial charge on any atom is 0.191 e. The number of rotatable bonds is 7. The molecule has 25 heavy (non-hydrogen) atoms. The van der Waals surface area contributed by atoms with Crippen molar-refractivity contribution in [3.05, 3.63) is 35.4 Å². The Morgan fingerprint density at radius 3 is 2.88 bits per heavy atom. The summed E-state index contributed by atoms with van der Waals surface area (Å²) in [6.45, 7) is 7.86. The molecular formula is C20H33N3OS. The van der Waals surface area contributed by atoms with Crippen LogP contribution in [0, 0.1) is 6.92 Å². The maximum atomic E-state index is 12.1. The van der Waals surface area contributed by atoms with E-state index >= 15 is 0 Å². The lowest BCUT2D eigenvalue weighted by molar-refractivity contribution is 0.413. The molecule has 0 amide bonds. The fraction of sp³-hybridized carbons (Fsp3) is 0.650. The number of hydrogen-bond donors (Lipinski definition) is 2. The molecule has 0 aromatic heterocycles. The molecule has 1 aliphatic carbocycles. The Morgan fingerprint density at radius 1 is 1.32 bits per heavy atom. The first-order chi connectivity index (χ1) is 12.1. The smallest absolute Gasteiger partial charge is 0.191 e. The molecule has 3 unspecified atom stereocenters. The summed E-state index contributed by atoms with van der Waals surface area (Å²) in [5, 5.41) is 7.26. The van der Waals surface area contributed by atoms with Gasteiger partial charge in [-0.1, -0.05) is 43.2 Å². The molecule has 2 rings (SSSR count). The van der Waals surface area contributed by atoms with Gasteiger partial charge in [-0.3, -0.25) is 9.20 Å². The molecule has 4 nitrogen and oxygen atoms in total. The minimum atomic E-state index is -0.686. The van der Waals surface area contributed by atoms with Crippen LogP contribution in [-0.2, 0) is 17.2 Å². The predicted octanol–water partition coefficient (Wildman–Crippen LogP) is 3.17. The maximum absolute atomic E-state index is 12.1. The van der Waals surface area contributed by atoms with Gasteiger partial charge in [0.05, 0.1) is 0 Å². The second-order valence-corrected chi connectivity index (χ2v) is 8.80. The monoisotopic (exact) mass is 363 g/mol. The van der Waals surface area contributed by atoms with Crippen LogP contribution in [0.3, 0.4) is 0 Å². The molecule has 140 valence electrons. The molecule has 0 heterocycles. The predicted molar refractivity (Wildman–Crippen MR) is 109 cm³/mol. The van der Waals surface area contributed by atoms with Gasteiger partial charge in [-0.25, -0.2) is 0 Å². The molecule has 2 N–H and O–H groups in total. The number of aliphatic imine (C=N–C) groups is 1. The lowest BCUT2D eigenvalue weighted by Gasteiger charge is -2.30. The van der Waals surface area contributed by atoms with Crippen LogP contribution < -0.4 is 10.6 Å². The molecule has 1 aliphatic rings. The lowest BCUT2D eigenvalue weighted by atomic mass is 9.95. The average molecular weight is 364 g/mol. The summed E-state index contributed by atoms with van der Waals surface area (Å²) in [5.41, 5.74) is 2.62. The molecule has 0 radical (unpaired) electrons. The zero-order valence-electron chi connectivity index (χ0n) is 15.9. The van der Waals surface area contributed by atoms with Crippen LogP contribution in [0.2, 0.25) is 0 Å². The van der Waals surface area contributed by atoms with Crippen LogP contribution in [0.25, 0.3) is 0 Å². The van der Waals surface area contributed by atoms with Crippen LogP contribution in [0.15, 0.2) is 29.3 Å². The van der Waals surface area contributed by atoms with E-state index in [-0.39, 0.29) is 0 Å². The van der Waals surface area contributed by atoms with Gasteiger partial charge >= 0.3 is 0 Å². The van der Waals surface area contributed by atoms with E-state index < -0.39 is 10.8 Å². The summed E-state index contributed by atoms with van der Waals surface area (Å²) in [4.78, 5) is 4.74. The van der Waals surface area contributed by atoms with Crippen molar-refractivity contribution < 1.29 is 4.21 Å². The van der Waals surface area contributed by atoms with Crippen molar-refractivity contribution in [3.63, 3.8) is 0 Å². The van der Waals surface area contributed by atoms with E-state index in [2.05, 4.69) is 48.7 Å². The van der Waals surface area contributed by atoms with Crippen LogP contribution in [0.4, 0.5) is 0 Å². The number of guanidine groups is 1. The molecule has 1 fully saturated rings. The Labute approximate surface area is 155 Å². The van der Waals surface area contributed by atoms with Gasteiger partial charge < -0.3 is 10.6 Å². The first-order valence-corrected chi connectivity index (χ1v) is 11.0. The second kappa shape index (κ2) is 10.6. The standard InChI is InChI=1S/C20H33N3OS/c1-4-21-20(22-13-12-17-9-6-8-16(3)14-17)23-18-10-7-11-19(15-18)25(24)5-2/h6,8-9,14,18-19H,4-5,7,10-13,15H2,1-3H3,(H2,21,22,23). The van der Waals surface area contributed by atoms with Crippen LogP contribution >= 0.6 is 0 Å². The van der Waals surface area contributed by atoms with Crippen molar-refractivity contribution in [1.82, 2.24) is 10.6 Å². The Kier molecular flexibility index (Phi) is 8.45. The van der Waals surface area contributed by atoms with Crippen molar-refractivity contribution in [1.29, 1.82) is 0 Å². The van der Waals surface area contributed by atoms with E-state index in [4.69, 9.17) is 4.99 Å². The topological polar surface area (TPSA) is 53.5 Å². The van der Waals surface area contributed by atoms with Crippen molar-refractivity contribution in [3.8, 4) is 0 Å². The third kappa shape index (κ3) is 6.81. The van der Waals surface area contributed by atoms with Crippen LogP contribution in [-0.4, -0.2) is 40.3 Å². The highest BCUT2D eigenvalue weighted by Gasteiger charge is 2.25. The van der Waals surface area contributed by atoms with E-state index in [9.17, 15) is 4.21 Å². The van der Waals surface area contributed by atoms with E-state index in [1.165, 1.54) is 11.1 Å².